The van der Waals surface area contributed by atoms with Crippen LogP contribution in [0.2, 0.25) is 0 Å². The van der Waals surface area contributed by atoms with E-state index in [-0.39, 0.29) is 0 Å². The van der Waals surface area contributed by atoms with E-state index in [1.165, 1.54) is 0 Å². The molecule has 0 saturated heterocycles. The Morgan fingerprint density at radius 1 is 1.19 bits per heavy atom. The third kappa shape index (κ3) is 2.41. The van der Waals surface area contributed by atoms with Crippen molar-refractivity contribution in [1.29, 1.82) is 5.26 Å². The molecule has 0 amide bonds. The van der Waals surface area contributed by atoms with Crippen molar-refractivity contribution < 1.29 is 4.74 Å². The number of benzene rings is 2. The van der Waals surface area contributed by atoms with E-state index < -0.39 is 0 Å². The summed E-state index contributed by atoms with van der Waals surface area (Å²) in [6.45, 7) is 0.700. The molecule has 0 atom stereocenters. The largest absolute Gasteiger partial charge is 0.497 e. The highest BCUT2D eigenvalue weighted by Gasteiger charge is 2.09. The van der Waals surface area contributed by atoms with Crippen molar-refractivity contribution in [3.05, 3.63) is 59.8 Å². The first kappa shape index (κ1) is 13.1. The molecule has 2 N–H and O–H groups in total. The molecular formula is C17H15N3O. The summed E-state index contributed by atoms with van der Waals surface area (Å²) in [6.07, 6.45) is 1.87. The van der Waals surface area contributed by atoms with Gasteiger partial charge in [-0.15, -0.1) is 0 Å². The average molecular weight is 277 g/mol. The maximum atomic E-state index is 9.25. The van der Waals surface area contributed by atoms with Crippen molar-refractivity contribution in [2.24, 2.45) is 0 Å². The Hall–Kier alpha value is -2.93. The van der Waals surface area contributed by atoms with Crippen molar-refractivity contribution in [2.75, 3.05) is 12.8 Å². The molecule has 0 spiro atoms. The Morgan fingerprint density at radius 3 is 2.62 bits per heavy atom. The Labute approximate surface area is 123 Å². The number of aromatic nitrogens is 1. The van der Waals surface area contributed by atoms with Crippen LogP contribution in [0.15, 0.2) is 48.7 Å². The third-order valence-corrected chi connectivity index (χ3v) is 3.54. The van der Waals surface area contributed by atoms with Crippen molar-refractivity contribution in [3.8, 4) is 11.8 Å². The first-order valence-electron chi connectivity index (χ1n) is 6.62. The maximum absolute atomic E-state index is 9.25. The Kier molecular flexibility index (Phi) is 3.25. The van der Waals surface area contributed by atoms with Crippen molar-refractivity contribution >= 4 is 16.6 Å². The predicted molar refractivity (Wildman–Crippen MR) is 83.2 cm³/mol. The van der Waals surface area contributed by atoms with Crippen LogP contribution >= 0.6 is 0 Å². The molecule has 0 unspecified atom stereocenters. The molecule has 0 aliphatic carbocycles. The van der Waals surface area contributed by atoms with Gasteiger partial charge < -0.3 is 15.0 Å². The van der Waals surface area contributed by atoms with E-state index in [9.17, 15) is 5.26 Å². The summed E-state index contributed by atoms with van der Waals surface area (Å²) in [6, 6.07) is 15.8. The van der Waals surface area contributed by atoms with Gasteiger partial charge in [0.1, 0.15) is 11.8 Å². The first-order chi connectivity index (χ1) is 10.2. The van der Waals surface area contributed by atoms with Gasteiger partial charge in [-0.2, -0.15) is 5.26 Å². The molecule has 0 bridgehead atoms. The van der Waals surface area contributed by atoms with Crippen LogP contribution in [0.5, 0.6) is 5.75 Å². The molecule has 0 aliphatic rings. The maximum Gasteiger partial charge on any atom is 0.118 e. The number of hydrogen-bond acceptors (Lipinski definition) is 3. The lowest BCUT2D eigenvalue weighted by Gasteiger charge is -2.07. The number of rotatable bonds is 3. The summed E-state index contributed by atoms with van der Waals surface area (Å²) in [5.74, 6) is 0.835. The highest BCUT2D eigenvalue weighted by Crippen LogP contribution is 2.24. The lowest BCUT2D eigenvalue weighted by Crippen LogP contribution is -1.98. The van der Waals surface area contributed by atoms with E-state index >= 15 is 0 Å². The Morgan fingerprint density at radius 2 is 1.95 bits per heavy atom. The number of hydrogen-bond donors (Lipinski definition) is 1. The number of methoxy groups -OCH3 is 1. The van der Waals surface area contributed by atoms with Crippen molar-refractivity contribution in [3.63, 3.8) is 0 Å². The van der Waals surface area contributed by atoms with Gasteiger partial charge in [0.2, 0.25) is 0 Å². The van der Waals surface area contributed by atoms with Gasteiger partial charge in [0.15, 0.2) is 0 Å². The van der Waals surface area contributed by atoms with E-state index in [4.69, 9.17) is 10.5 Å². The van der Waals surface area contributed by atoms with Crippen LogP contribution in [-0.4, -0.2) is 11.7 Å². The van der Waals surface area contributed by atoms with Crippen LogP contribution in [0.3, 0.4) is 0 Å². The quantitative estimate of drug-likeness (QED) is 0.748. The zero-order valence-electron chi connectivity index (χ0n) is 11.7. The Balaban J connectivity index is 2.02. The summed E-state index contributed by atoms with van der Waals surface area (Å²) < 4.78 is 7.23. The second kappa shape index (κ2) is 5.22. The van der Waals surface area contributed by atoms with E-state index in [1.54, 1.807) is 7.11 Å². The molecule has 4 nitrogen and oxygen atoms in total. The van der Waals surface area contributed by atoms with E-state index in [0.717, 1.165) is 22.2 Å². The number of nitrogens with two attached hydrogens (primary N) is 1. The molecule has 0 aliphatic heterocycles. The van der Waals surface area contributed by atoms with Crippen LogP contribution in [0.25, 0.3) is 10.9 Å². The third-order valence-electron chi connectivity index (χ3n) is 3.54. The fourth-order valence-electron chi connectivity index (χ4n) is 2.46. The van der Waals surface area contributed by atoms with E-state index in [1.807, 2.05) is 48.7 Å². The summed E-state index contributed by atoms with van der Waals surface area (Å²) in [7, 11) is 1.65. The lowest BCUT2D eigenvalue weighted by atomic mass is 10.1. The summed E-state index contributed by atoms with van der Waals surface area (Å²) in [5, 5.41) is 10.1. The number of nitrogen functional groups attached to an aromatic ring is 1. The molecule has 2 aromatic carbocycles. The molecule has 0 radical (unpaired) electrons. The number of nitriles is 1. The highest BCUT2D eigenvalue weighted by molar-refractivity contribution is 5.89. The predicted octanol–water partition coefficient (Wildman–Crippen LogP) is 3.15. The first-order valence-corrected chi connectivity index (χ1v) is 6.62. The molecule has 0 fully saturated rings. The Bertz CT molecular complexity index is 826. The molecule has 21 heavy (non-hydrogen) atoms. The van der Waals surface area contributed by atoms with Gasteiger partial charge in [0.05, 0.1) is 12.7 Å². The molecule has 104 valence electrons. The van der Waals surface area contributed by atoms with Gasteiger partial charge >= 0.3 is 0 Å². The SMILES string of the molecule is COc1ccc(Cn2cc(C#N)c3cc(N)ccc32)cc1. The van der Waals surface area contributed by atoms with Crippen LogP contribution in [0.4, 0.5) is 5.69 Å². The highest BCUT2D eigenvalue weighted by atomic mass is 16.5. The normalized spacial score (nSPS) is 10.5. The van der Waals surface area contributed by atoms with Crippen molar-refractivity contribution in [1.82, 2.24) is 4.57 Å². The number of anilines is 1. The van der Waals surface area contributed by atoms with Crippen LogP contribution in [0, 0.1) is 11.3 Å². The van der Waals surface area contributed by atoms with Gasteiger partial charge in [-0.05, 0) is 35.9 Å². The van der Waals surface area contributed by atoms with Gasteiger partial charge in [0, 0.05) is 29.3 Å². The second-order valence-corrected chi connectivity index (χ2v) is 4.91. The van der Waals surface area contributed by atoms with Crippen LogP contribution in [0.1, 0.15) is 11.1 Å². The van der Waals surface area contributed by atoms with Crippen LogP contribution in [-0.2, 0) is 6.54 Å². The average Bonchev–Trinajstić information content (AvgIpc) is 2.85. The minimum Gasteiger partial charge on any atom is -0.497 e. The summed E-state index contributed by atoms with van der Waals surface area (Å²) >= 11 is 0. The van der Waals surface area contributed by atoms with Crippen molar-refractivity contribution in [2.45, 2.75) is 6.54 Å². The molecule has 3 rings (SSSR count). The van der Waals surface area contributed by atoms with Crippen LogP contribution < -0.4 is 10.5 Å². The standard InChI is InChI=1S/C17H15N3O/c1-21-15-5-2-12(3-6-15)10-20-11-13(9-18)16-8-14(19)4-7-17(16)20/h2-8,11H,10,19H2,1H3. The number of ether oxygens (including phenoxy) is 1. The molecular weight excluding hydrogens is 262 g/mol. The van der Waals surface area contributed by atoms with Gasteiger partial charge in [-0.3, -0.25) is 0 Å². The fraction of sp³-hybridized carbons (Fsp3) is 0.118. The molecule has 1 aromatic heterocycles. The molecule has 1 heterocycles. The number of fused-ring (bicyclic) bond motifs is 1. The monoisotopic (exact) mass is 277 g/mol. The number of nitrogens with zero attached hydrogens (tertiary/aromatic N) is 2. The van der Waals surface area contributed by atoms with Gasteiger partial charge in [-0.1, -0.05) is 12.1 Å². The minimum atomic E-state index is 0.644. The zero-order chi connectivity index (χ0) is 14.8. The van der Waals surface area contributed by atoms with E-state index in [2.05, 4.69) is 10.6 Å². The second-order valence-electron chi connectivity index (χ2n) is 4.91. The van der Waals surface area contributed by atoms with Gasteiger partial charge in [0.25, 0.3) is 0 Å². The molecule has 0 saturated carbocycles. The summed E-state index contributed by atoms with van der Waals surface area (Å²) in [4.78, 5) is 0. The van der Waals surface area contributed by atoms with E-state index in [0.29, 0.717) is 17.8 Å². The fourth-order valence-corrected chi connectivity index (χ4v) is 2.46. The molecule has 4 heteroatoms. The van der Waals surface area contributed by atoms with Gasteiger partial charge in [-0.25, -0.2) is 0 Å². The summed E-state index contributed by atoms with van der Waals surface area (Å²) in [5.41, 5.74) is 9.28. The zero-order valence-corrected chi connectivity index (χ0v) is 11.7. The smallest absolute Gasteiger partial charge is 0.118 e. The topological polar surface area (TPSA) is 64.0 Å². The lowest BCUT2D eigenvalue weighted by molar-refractivity contribution is 0.414. The minimum absolute atomic E-state index is 0.644. The molecule has 3 aromatic rings.